The Labute approximate surface area is 118 Å². The van der Waals surface area contributed by atoms with Crippen molar-refractivity contribution >= 4 is 21.4 Å². The van der Waals surface area contributed by atoms with Gasteiger partial charge >= 0.3 is 0 Å². The molecule has 2 heterocycles. The molecule has 20 heavy (non-hydrogen) atoms. The fraction of sp³-hybridized carbons (Fsp3) is 0.500. The number of sulfone groups is 1. The summed E-state index contributed by atoms with van der Waals surface area (Å²) in [4.78, 5) is 12.1. The summed E-state index contributed by atoms with van der Waals surface area (Å²) in [6, 6.07) is 7.63. The zero-order chi connectivity index (χ0) is 14.2. The molecule has 1 aromatic carbocycles. The van der Waals surface area contributed by atoms with Crippen LogP contribution in [-0.2, 0) is 21.1 Å². The highest BCUT2D eigenvalue weighted by Gasteiger charge is 2.30. The maximum atomic E-state index is 12.1. The van der Waals surface area contributed by atoms with Gasteiger partial charge in [-0.2, -0.15) is 0 Å². The number of hydrogen-bond acceptors (Lipinski definition) is 4. The molecule has 2 unspecified atom stereocenters. The first-order chi connectivity index (χ1) is 9.53. The maximum Gasteiger partial charge on any atom is 0.242 e. The molecule has 2 atom stereocenters. The van der Waals surface area contributed by atoms with Gasteiger partial charge in [0.1, 0.15) is 6.04 Å². The minimum atomic E-state index is -2.87. The zero-order valence-corrected chi connectivity index (χ0v) is 11.9. The Hall–Kier alpha value is -1.56. The molecule has 0 aliphatic carbocycles. The molecule has 6 heteroatoms. The number of carbonyl (C=O) groups is 1. The van der Waals surface area contributed by atoms with E-state index in [0.29, 0.717) is 19.4 Å². The first kappa shape index (κ1) is 13.4. The van der Waals surface area contributed by atoms with E-state index >= 15 is 0 Å². The van der Waals surface area contributed by atoms with Crippen LogP contribution >= 0.6 is 0 Å². The van der Waals surface area contributed by atoms with Crippen LogP contribution in [0.4, 0.5) is 5.69 Å². The summed E-state index contributed by atoms with van der Waals surface area (Å²) in [5.74, 6) is 0.463. The smallest absolute Gasteiger partial charge is 0.242 e. The molecule has 1 saturated heterocycles. The summed E-state index contributed by atoms with van der Waals surface area (Å²) in [6.45, 7) is 0.451. The van der Waals surface area contributed by atoms with Crippen molar-refractivity contribution in [3.05, 3.63) is 29.8 Å². The summed E-state index contributed by atoms with van der Waals surface area (Å²) < 4.78 is 22.7. The summed E-state index contributed by atoms with van der Waals surface area (Å²) in [5.41, 5.74) is 2.16. The van der Waals surface area contributed by atoms with E-state index in [2.05, 4.69) is 10.6 Å². The fourth-order valence-corrected chi connectivity index (χ4v) is 4.72. The third kappa shape index (κ3) is 2.80. The van der Waals surface area contributed by atoms with Crippen molar-refractivity contribution in [1.82, 2.24) is 5.32 Å². The molecule has 0 aromatic heterocycles. The van der Waals surface area contributed by atoms with Gasteiger partial charge in [0.25, 0.3) is 0 Å². The van der Waals surface area contributed by atoms with Crippen molar-refractivity contribution in [2.45, 2.75) is 18.9 Å². The average Bonchev–Trinajstić information content (AvgIpc) is 2.99. The van der Waals surface area contributed by atoms with Gasteiger partial charge in [0.15, 0.2) is 9.84 Å². The van der Waals surface area contributed by atoms with Crippen molar-refractivity contribution in [3.8, 4) is 0 Å². The summed E-state index contributed by atoms with van der Waals surface area (Å²) >= 11 is 0. The van der Waals surface area contributed by atoms with Crippen LogP contribution in [0, 0.1) is 5.92 Å². The third-order valence-corrected chi connectivity index (χ3v) is 5.82. The van der Waals surface area contributed by atoms with E-state index in [0.717, 1.165) is 11.3 Å². The van der Waals surface area contributed by atoms with Crippen molar-refractivity contribution in [3.63, 3.8) is 0 Å². The van der Waals surface area contributed by atoms with Crippen LogP contribution in [0.5, 0.6) is 0 Å². The summed E-state index contributed by atoms with van der Waals surface area (Å²) in [7, 11) is -2.87. The lowest BCUT2D eigenvalue weighted by Gasteiger charge is -2.14. The molecule has 3 rings (SSSR count). The number of para-hydroxylation sites is 1. The maximum absolute atomic E-state index is 12.1. The van der Waals surface area contributed by atoms with E-state index in [9.17, 15) is 13.2 Å². The highest BCUT2D eigenvalue weighted by molar-refractivity contribution is 7.91. The molecule has 0 saturated carbocycles. The predicted molar refractivity (Wildman–Crippen MR) is 77.3 cm³/mol. The van der Waals surface area contributed by atoms with Crippen LogP contribution in [0.15, 0.2) is 24.3 Å². The third-order valence-electron chi connectivity index (χ3n) is 3.98. The van der Waals surface area contributed by atoms with Gasteiger partial charge in [-0.15, -0.1) is 0 Å². The van der Waals surface area contributed by atoms with E-state index < -0.39 is 9.84 Å². The Bertz CT molecular complexity index is 602. The minimum Gasteiger partial charge on any atom is -0.373 e. The molecule has 108 valence electrons. The van der Waals surface area contributed by atoms with Gasteiger partial charge in [-0.25, -0.2) is 8.42 Å². The van der Waals surface area contributed by atoms with Gasteiger partial charge in [0, 0.05) is 18.7 Å². The molecule has 0 radical (unpaired) electrons. The first-order valence-electron chi connectivity index (χ1n) is 6.86. The van der Waals surface area contributed by atoms with Gasteiger partial charge in [0.05, 0.1) is 11.5 Å². The standard InChI is InChI=1S/C14H18N2O3S/c17-14(15-8-10-5-6-20(18,19)9-10)13-7-11-3-1-2-4-12(11)16-13/h1-4,10,13,16H,5-9H2,(H,15,17). The van der Waals surface area contributed by atoms with Gasteiger partial charge in [-0.1, -0.05) is 18.2 Å². The Morgan fingerprint density at radius 1 is 1.35 bits per heavy atom. The Balaban J connectivity index is 1.52. The molecule has 2 aliphatic rings. The number of benzene rings is 1. The summed E-state index contributed by atoms with van der Waals surface area (Å²) in [6.07, 6.45) is 1.34. The number of carbonyl (C=O) groups excluding carboxylic acids is 1. The lowest BCUT2D eigenvalue weighted by atomic mass is 10.1. The highest BCUT2D eigenvalue weighted by Crippen LogP contribution is 2.25. The SMILES string of the molecule is O=C(NCC1CCS(=O)(=O)C1)C1Cc2ccccc2N1. The zero-order valence-electron chi connectivity index (χ0n) is 11.1. The number of nitrogens with one attached hydrogen (secondary N) is 2. The van der Waals surface area contributed by atoms with E-state index in [1.165, 1.54) is 0 Å². The molecule has 1 aromatic rings. The van der Waals surface area contributed by atoms with Gasteiger partial charge < -0.3 is 10.6 Å². The van der Waals surface area contributed by atoms with E-state index in [-0.39, 0.29) is 29.4 Å². The second-order valence-corrected chi connectivity index (χ2v) is 7.80. The lowest BCUT2D eigenvalue weighted by molar-refractivity contribution is -0.121. The molecule has 2 N–H and O–H groups in total. The van der Waals surface area contributed by atoms with Gasteiger partial charge in [-0.05, 0) is 24.0 Å². The van der Waals surface area contributed by atoms with E-state index in [4.69, 9.17) is 0 Å². The molecule has 1 amide bonds. The number of amides is 1. The van der Waals surface area contributed by atoms with Crippen LogP contribution in [0.1, 0.15) is 12.0 Å². The first-order valence-corrected chi connectivity index (χ1v) is 8.68. The molecule has 0 spiro atoms. The normalized spacial score (nSPS) is 26.8. The van der Waals surface area contributed by atoms with Gasteiger partial charge in [-0.3, -0.25) is 4.79 Å². The molecule has 0 bridgehead atoms. The van der Waals surface area contributed by atoms with Crippen molar-refractivity contribution in [2.24, 2.45) is 5.92 Å². The Morgan fingerprint density at radius 3 is 2.85 bits per heavy atom. The number of rotatable bonds is 3. The predicted octanol–water partition coefficient (Wildman–Crippen LogP) is 0.574. The average molecular weight is 294 g/mol. The van der Waals surface area contributed by atoms with Gasteiger partial charge in [0.2, 0.25) is 5.91 Å². The quantitative estimate of drug-likeness (QED) is 0.855. The van der Waals surface area contributed by atoms with Crippen LogP contribution in [0.25, 0.3) is 0 Å². The van der Waals surface area contributed by atoms with Crippen LogP contribution < -0.4 is 10.6 Å². The molecule has 5 nitrogen and oxygen atoms in total. The van der Waals surface area contributed by atoms with Crippen LogP contribution in [-0.4, -0.2) is 38.4 Å². The summed E-state index contributed by atoms with van der Waals surface area (Å²) in [5, 5.41) is 6.07. The number of hydrogen-bond donors (Lipinski definition) is 2. The van der Waals surface area contributed by atoms with E-state index in [1.807, 2.05) is 24.3 Å². The number of anilines is 1. The Morgan fingerprint density at radius 2 is 2.15 bits per heavy atom. The molecular weight excluding hydrogens is 276 g/mol. The van der Waals surface area contributed by atoms with Crippen LogP contribution in [0.3, 0.4) is 0 Å². The Kier molecular flexibility index (Phi) is 3.41. The second kappa shape index (κ2) is 5.09. The molecular formula is C14H18N2O3S. The van der Waals surface area contributed by atoms with Crippen molar-refractivity contribution in [2.75, 3.05) is 23.4 Å². The second-order valence-electron chi connectivity index (χ2n) is 5.57. The highest BCUT2D eigenvalue weighted by atomic mass is 32.2. The van der Waals surface area contributed by atoms with Crippen molar-refractivity contribution in [1.29, 1.82) is 0 Å². The molecule has 2 aliphatic heterocycles. The topological polar surface area (TPSA) is 75.3 Å². The van der Waals surface area contributed by atoms with E-state index in [1.54, 1.807) is 0 Å². The lowest BCUT2D eigenvalue weighted by Crippen LogP contribution is -2.40. The monoisotopic (exact) mass is 294 g/mol. The van der Waals surface area contributed by atoms with Crippen molar-refractivity contribution < 1.29 is 13.2 Å². The minimum absolute atomic E-state index is 0.0505. The number of fused-ring (bicyclic) bond motifs is 1. The largest absolute Gasteiger partial charge is 0.373 e. The fourth-order valence-electron chi connectivity index (χ4n) is 2.86. The van der Waals surface area contributed by atoms with Crippen LogP contribution in [0.2, 0.25) is 0 Å². The molecule has 1 fully saturated rings.